The number of methoxy groups -OCH3 is 1. The van der Waals surface area contributed by atoms with Gasteiger partial charge in [-0.15, -0.1) is 0 Å². The Labute approximate surface area is 92.6 Å². The van der Waals surface area contributed by atoms with Crippen molar-refractivity contribution in [2.75, 3.05) is 7.11 Å². The van der Waals surface area contributed by atoms with E-state index < -0.39 is 0 Å². The summed E-state index contributed by atoms with van der Waals surface area (Å²) >= 11 is 2.35. The minimum atomic E-state index is 0.753. The van der Waals surface area contributed by atoms with Crippen molar-refractivity contribution < 1.29 is 4.74 Å². The van der Waals surface area contributed by atoms with Gasteiger partial charge in [-0.3, -0.25) is 0 Å². The first-order chi connectivity index (χ1) is 6.31. The fourth-order valence-electron chi connectivity index (χ4n) is 1.65. The monoisotopic (exact) mass is 288 g/mol. The second-order valence-electron chi connectivity index (χ2n) is 3.55. The fraction of sp³-hybridized carbons (Fsp3) is 0.455. The smallest absolute Gasteiger partial charge is 0.0716 e. The van der Waals surface area contributed by atoms with Crippen molar-refractivity contribution in [2.24, 2.45) is 0 Å². The lowest BCUT2D eigenvalue weighted by molar-refractivity contribution is 0.184. The third kappa shape index (κ3) is 2.23. The Morgan fingerprint density at radius 1 is 1.46 bits per heavy atom. The predicted molar refractivity (Wildman–Crippen MR) is 61.8 cm³/mol. The Morgan fingerprint density at radius 3 is 2.85 bits per heavy atom. The van der Waals surface area contributed by atoms with Crippen LogP contribution >= 0.6 is 22.6 Å². The molecule has 0 aromatic heterocycles. The Balaban J connectivity index is 2.30. The molecule has 1 aromatic carbocycles. The predicted octanol–water partition coefficient (Wildman–Crippen LogP) is 3.32. The highest BCUT2D eigenvalue weighted by atomic mass is 127. The van der Waals surface area contributed by atoms with Crippen molar-refractivity contribution in [1.29, 1.82) is 0 Å². The summed E-state index contributed by atoms with van der Waals surface area (Å²) in [4.78, 5) is 0. The van der Waals surface area contributed by atoms with Crippen LogP contribution in [0.3, 0.4) is 0 Å². The van der Waals surface area contributed by atoms with E-state index in [2.05, 4.69) is 40.8 Å². The number of rotatable bonds is 3. The van der Waals surface area contributed by atoms with Gasteiger partial charge >= 0.3 is 0 Å². The van der Waals surface area contributed by atoms with Crippen LogP contribution in [0.5, 0.6) is 0 Å². The van der Waals surface area contributed by atoms with E-state index >= 15 is 0 Å². The highest BCUT2D eigenvalue weighted by Gasteiger charge is 2.25. The van der Waals surface area contributed by atoms with Gasteiger partial charge in [-0.25, -0.2) is 0 Å². The van der Waals surface area contributed by atoms with E-state index in [-0.39, 0.29) is 0 Å². The molecule has 0 radical (unpaired) electrons. The van der Waals surface area contributed by atoms with Gasteiger partial charge in [-0.2, -0.15) is 0 Å². The largest absolute Gasteiger partial charge is 0.380 e. The molecule has 0 amide bonds. The summed E-state index contributed by atoms with van der Waals surface area (Å²) in [5.74, 6) is 0.821. The molecule has 0 heterocycles. The molecule has 2 rings (SSSR count). The Bertz CT molecular complexity index is 305. The van der Waals surface area contributed by atoms with Crippen LogP contribution < -0.4 is 0 Å². The molecule has 1 aliphatic carbocycles. The zero-order chi connectivity index (χ0) is 9.26. The van der Waals surface area contributed by atoms with Crippen LogP contribution in [0.2, 0.25) is 0 Å². The van der Waals surface area contributed by atoms with Crippen molar-refractivity contribution in [3.63, 3.8) is 0 Å². The topological polar surface area (TPSA) is 9.23 Å². The van der Waals surface area contributed by atoms with Gasteiger partial charge < -0.3 is 4.74 Å². The molecular formula is C11H13IO. The lowest BCUT2D eigenvalue weighted by Gasteiger charge is -2.07. The number of benzene rings is 1. The van der Waals surface area contributed by atoms with Crippen LogP contribution in [-0.4, -0.2) is 7.11 Å². The van der Waals surface area contributed by atoms with E-state index in [9.17, 15) is 0 Å². The number of hydrogen-bond acceptors (Lipinski definition) is 1. The third-order valence-electron chi connectivity index (χ3n) is 2.42. The lowest BCUT2D eigenvalue weighted by Crippen LogP contribution is -1.94. The molecule has 1 saturated carbocycles. The molecule has 0 bridgehead atoms. The summed E-state index contributed by atoms with van der Waals surface area (Å²) in [6.45, 7) is 0.753. The van der Waals surface area contributed by atoms with E-state index in [1.54, 1.807) is 7.11 Å². The molecule has 0 aliphatic heterocycles. The Hall–Kier alpha value is -0.0900. The van der Waals surface area contributed by atoms with Crippen LogP contribution in [0.1, 0.15) is 29.9 Å². The van der Waals surface area contributed by atoms with Gasteiger partial charge in [0, 0.05) is 10.7 Å². The van der Waals surface area contributed by atoms with Crippen molar-refractivity contribution >= 4 is 22.6 Å². The minimum absolute atomic E-state index is 0.753. The van der Waals surface area contributed by atoms with Gasteiger partial charge in [-0.1, -0.05) is 6.07 Å². The molecule has 0 unspecified atom stereocenters. The van der Waals surface area contributed by atoms with Crippen molar-refractivity contribution in [3.8, 4) is 0 Å². The fourth-order valence-corrected chi connectivity index (χ4v) is 2.20. The molecule has 2 heteroatoms. The average Bonchev–Trinajstić information content (AvgIpc) is 2.88. The second kappa shape index (κ2) is 3.96. The summed E-state index contributed by atoms with van der Waals surface area (Å²) in [7, 11) is 1.76. The first kappa shape index (κ1) is 9.46. The summed E-state index contributed by atoms with van der Waals surface area (Å²) in [5.41, 5.74) is 2.87. The molecule has 1 fully saturated rings. The van der Waals surface area contributed by atoms with Crippen LogP contribution in [0.25, 0.3) is 0 Å². The number of halogens is 1. The average molecular weight is 288 g/mol. The molecule has 0 atom stereocenters. The minimum Gasteiger partial charge on any atom is -0.380 e. The maximum atomic E-state index is 5.20. The Morgan fingerprint density at radius 2 is 2.23 bits per heavy atom. The van der Waals surface area contributed by atoms with Crippen molar-refractivity contribution in [3.05, 3.63) is 32.9 Å². The molecular weight excluding hydrogens is 275 g/mol. The quantitative estimate of drug-likeness (QED) is 0.775. The summed E-state index contributed by atoms with van der Waals surface area (Å²) in [6, 6.07) is 6.68. The molecule has 0 spiro atoms. The van der Waals surface area contributed by atoms with Gasteiger partial charge in [0.25, 0.3) is 0 Å². The normalized spacial score (nSPS) is 16.2. The van der Waals surface area contributed by atoms with E-state index in [0.717, 1.165) is 12.5 Å². The maximum absolute atomic E-state index is 5.20. The Kier molecular flexibility index (Phi) is 2.89. The van der Waals surface area contributed by atoms with Crippen molar-refractivity contribution in [1.82, 2.24) is 0 Å². The zero-order valence-electron chi connectivity index (χ0n) is 7.72. The van der Waals surface area contributed by atoms with Gasteiger partial charge in [0.1, 0.15) is 0 Å². The van der Waals surface area contributed by atoms with Crippen molar-refractivity contribution in [2.45, 2.75) is 25.4 Å². The number of hydrogen-bond donors (Lipinski definition) is 0. The standard InChI is InChI=1S/C11H13IO/c1-13-7-9-6-10(12)4-5-11(9)8-2-3-8/h4-6,8H,2-3,7H2,1H3. The van der Waals surface area contributed by atoms with E-state index in [0.29, 0.717) is 0 Å². The van der Waals surface area contributed by atoms with E-state index in [4.69, 9.17) is 4.74 Å². The van der Waals surface area contributed by atoms with Gasteiger partial charge in [0.05, 0.1) is 6.61 Å². The molecule has 0 N–H and O–H groups in total. The summed E-state index contributed by atoms with van der Waals surface area (Å²) in [5, 5.41) is 0. The maximum Gasteiger partial charge on any atom is 0.0716 e. The third-order valence-corrected chi connectivity index (χ3v) is 3.09. The zero-order valence-corrected chi connectivity index (χ0v) is 9.87. The van der Waals surface area contributed by atoms with Gasteiger partial charge in [-0.05, 0) is 64.6 Å². The van der Waals surface area contributed by atoms with Gasteiger partial charge in [0.15, 0.2) is 0 Å². The SMILES string of the molecule is COCc1cc(I)ccc1C1CC1. The number of ether oxygens (including phenoxy) is 1. The first-order valence-corrected chi connectivity index (χ1v) is 5.66. The molecule has 70 valence electrons. The molecule has 0 saturated heterocycles. The molecule has 1 aliphatic rings. The van der Waals surface area contributed by atoms with Crippen LogP contribution in [-0.2, 0) is 11.3 Å². The lowest BCUT2D eigenvalue weighted by atomic mass is 10.0. The molecule has 1 nitrogen and oxygen atoms in total. The highest BCUT2D eigenvalue weighted by molar-refractivity contribution is 14.1. The molecule has 1 aromatic rings. The van der Waals surface area contributed by atoms with Gasteiger partial charge in [0.2, 0.25) is 0 Å². The molecule has 13 heavy (non-hydrogen) atoms. The highest BCUT2D eigenvalue weighted by Crippen LogP contribution is 2.42. The van der Waals surface area contributed by atoms with E-state index in [1.807, 2.05) is 0 Å². The van der Waals surface area contributed by atoms with Crippen LogP contribution in [0, 0.1) is 3.57 Å². The summed E-state index contributed by atoms with van der Waals surface area (Å²) < 4.78 is 6.50. The van der Waals surface area contributed by atoms with E-state index in [1.165, 1.54) is 27.5 Å². The summed E-state index contributed by atoms with van der Waals surface area (Å²) in [6.07, 6.45) is 2.72. The first-order valence-electron chi connectivity index (χ1n) is 4.58. The second-order valence-corrected chi connectivity index (χ2v) is 4.80. The van der Waals surface area contributed by atoms with Crippen LogP contribution in [0.15, 0.2) is 18.2 Å². The van der Waals surface area contributed by atoms with Crippen LogP contribution in [0.4, 0.5) is 0 Å².